The average Bonchev–Trinajstić information content (AvgIpc) is 3.84. The van der Waals surface area contributed by atoms with E-state index in [1.54, 1.807) is 0 Å². The van der Waals surface area contributed by atoms with Gasteiger partial charge in [-0.3, -0.25) is 4.57 Å². The van der Waals surface area contributed by atoms with Gasteiger partial charge in [0.2, 0.25) is 0 Å². The third-order valence-corrected chi connectivity index (χ3v) is 13.0. The number of nitrogens with zero attached hydrogens (tertiary/aromatic N) is 4. The van der Waals surface area contributed by atoms with Gasteiger partial charge >= 0.3 is 0 Å². The monoisotopic (exact) mass is 850 g/mol. The van der Waals surface area contributed by atoms with Crippen molar-refractivity contribution in [3.05, 3.63) is 193 Å². The summed E-state index contributed by atoms with van der Waals surface area (Å²) in [5, 5.41) is 2.30. The number of fused-ring (bicyclic) bond motifs is 4. The minimum atomic E-state index is -0.0389. The Labute approximate surface area is 384 Å². The molecule has 0 spiro atoms. The Hall–Kier alpha value is -7.11. The van der Waals surface area contributed by atoms with Crippen LogP contribution in [0.15, 0.2) is 176 Å². The molecule has 5 nitrogen and oxygen atoms in total. The van der Waals surface area contributed by atoms with E-state index in [1.807, 2.05) is 6.20 Å². The van der Waals surface area contributed by atoms with Crippen molar-refractivity contribution >= 4 is 44.6 Å². The van der Waals surface area contributed by atoms with Gasteiger partial charge in [-0.2, -0.15) is 0 Å². The number of para-hydroxylation sites is 2. The van der Waals surface area contributed by atoms with E-state index >= 15 is 0 Å². The van der Waals surface area contributed by atoms with Crippen LogP contribution < -0.4 is 14.5 Å². The number of benzene rings is 7. The lowest BCUT2D eigenvalue weighted by molar-refractivity contribution is 0.483. The Kier molecular flexibility index (Phi) is 10.2. The van der Waals surface area contributed by atoms with Crippen molar-refractivity contribution < 1.29 is 4.74 Å². The fraction of sp³-hybridized carbons (Fsp3) is 0.217. The molecule has 0 unspecified atom stereocenters. The Balaban J connectivity index is 1.04. The molecular formula is C60H58N4O. The molecule has 3 heterocycles. The Morgan fingerprint density at radius 1 is 0.431 bits per heavy atom. The smallest absolute Gasteiger partial charge is 0.137 e. The van der Waals surface area contributed by atoms with Crippen LogP contribution in [0.2, 0.25) is 0 Å². The van der Waals surface area contributed by atoms with Gasteiger partial charge in [-0.25, -0.2) is 4.98 Å². The van der Waals surface area contributed by atoms with Crippen LogP contribution in [0.25, 0.3) is 49.9 Å². The molecule has 9 aromatic rings. The quantitative estimate of drug-likeness (QED) is 0.160. The number of hydrogen-bond acceptors (Lipinski definition) is 4. The second-order valence-corrected chi connectivity index (χ2v) is 20.7. The average molecular weight is 851 g/mol. The molecule has 0 N–H and O–H groups in total. The van der Waals surface area contributed by atoms with Crippen LogP contribution in [0.3, 0.4) is 0 Å². The summed E-state index contributed by atoms with van der Waals surface area (Å²) in [5.41, 5.74) is 15.5. The maximum Gasteiger partial charge on any atom is 0.137 e. The summed E-state index contributed by atoms with van der Waals surface area (Å²) < 4.78 is 9.14. The van der Waals surface area contributed by atoms with Crippen molar-refractivity contribution in [1.29, 1.82) is 0 Å². The summed E-state index contributed by atoms with van der Waals surface area (Å²) in [4.78, 5) is 9.84. The zero-order valence-electron chi connectivity index (χ0n) is 39.1. The maximum atomic E-state index is 6.84. The molecule has 5 heteroatoms. The molecule has 0 atom stereocenters. The molecule has 7 aromatic carbocycles. The van der Waals surface area contributed by atoms with E-state index in [-0.39, 0.29) is 16.2 Å². The molecule has 2 aromatic heterocycles. The molecule has 65 heavy (non-hydrogen) atoms. The summed E-state index contributed by atoms with van der Waals surface area (Å²) in [7, 11) is 0. The van der Waals surface area contributed by atoms with Crippen molar-refractivity contribution in [2.45, 2.75) is 78.6 Å². The van der Waals surface area contributed by atoms with Crippen LogP contribution >= 0.6 is 0 Å². The van der Waals surface area contributed by atoms with E-state index in [0.717, 1.165) is 44.8 Å². The van der Waals surface area contributed by atoms with Gasteiger partial charge in [-0.15, -0.1) is 0 Å². The van der Waals surface area contributed by atoms with E-state index in [1.165, 1.54) is 56.0 Å². The highest BCUT2D eigenvalue weighted by Crippen LogP contribution is 2.47. The van der Waals surface area contributed by atoms with Gasteiger partial charge in [-0.1, -0.05) is 147 Å². The second kappa shape index (κ2) is 15.8. The van der Waals surface area contributed by atoms with Gasteiger partial charge in [0, 0.05) is 40.5 Å². The summed E-state index contributed by atoms with van der Waals surface area (Å²) in [5.74, 6) is 2.42. The largest absolute Gasteiger partial charge is 0.457 e. The lowest BCUT2D eigenvalue weighted by atomic mass is 9.80. The Morgan fingerprint density at radius 3 is 1.72 bits per heavy atom. The standard InChI is InChI=1S/C60H58N4O/c1-58(2,3)42-30-31-61-57(36-42)64-53-29-26-41(50-23-14-13-22-49(50)40-18-11-10-12-19-40)32-52(53)51-28-27-48(38-56(51)64)65-47-21-17-20-45(37-47)62-39-63(55-25-16-15-24-54(55)62)46-34-43(59(4,5)6)33-44(35-46)60(7,8)9/h10-38H,39H2,1-9H3. The predicted molar refractivity (Wildman–Crippen MR) is 274 cm³/mol. The van der Waals surface area contributed by atoms with Crippen LogP contribution in [0.5, 0.6) is 11.5 Å². The molecule has 0 saturated carbocycles. The van der Waals surface area contributed by atoms with Crippen LogP contribution in [-0.2, 0) is 16.2 Å². The van der Waals surface area contributed by atoms with E-state index in [2.05, 4.69) is 247 Å². The molecule has 0 radical (unpaired) electrons. The van der Waals surface area contributed by atoms with Crippen LogP contribution in [0, 0.1) is 0 Å². The summed E-state index contributed by atoms with van der Waals surface area (Å²) in [6, 6.07) is 61.4. The molecule has 0 amide bonds. The zero-order chi connectivity index (χ0) is 45.3. The van der Waals surface area contributed by atoms with Gasteiger partial charge in [0.25, 0.3) is 0 Å². The molecule has 0 aliphatic carbocycles. The van der Waals surface area contributed by atoms with Crippen molar-refractivity contribution in [2.24, 2.45) is 0 Å². The third kappa shape index (κ3) is 7.94. The van der Waals surface area contributed by atoms with Gasteiger partial charge in [0.15, 0.2) is 0 Å². The fourth-order valence-electron chi connectivity index (χ4n) is 9.23. The number of anilines is 4. The minimum Gasteiger partial charge on any atom is -0.457 e. The highest BCUT2D eigenvalue weighted by atomic mass is 16.5. The first-order valence-electron chi connectivity index (χ1n) is 22.9. The predicted octanol–water partition coefficient (Wildman–Crippen LogP) is 16.4. The van der Waals surface area contributed by atoms with Gasteiger partial charge in [0.1, 0.15) is 24.0 Å². The van der Waals surface area contributed by atoms with Crippen LogP contribution in [-0.4, -0.2) is 16.2 Å². The molecule has 0 saturated heterocycles. The molecule has 1 aliphatic heterocycles. The van der Waals surface area contributed by atoms with Crippen molar-refractivity contribution in [3.8, 4) is 39.6 Å². The SMILES string of the molecule is CC(C)(C)c1cc(N2CN(c3cccc(Oc4ccc5c6cc(-c7ccccc7-c7ccccc7)ccc6n(-c6cc(C(C)(C)C)ccn6)c5c4)c3)c3ccccc32)cc(C(C)(C)C)c1. The maximum absolute atomic E-state index is 6.84. The van der Waals surface area contributed by atoms with E-state index in [4.69, 9.17) is 9.72 Å². The van der Waals surface area contributed by atoms with E-state index in [9.17, 15) is 0 Å². The summed E-state index contributed by atoms with van der Waals surface area (Å²) in [6.45, 7) is 21.2. The van der Waals surface area contributed by atoms with Gasteiger partial charge in [-0.05, 0) is 128 Å². The number of aromatic nitrogens is 2. The van der Waals surface area contributed by atoms with Crippen molar-refractivity contribution in [3.63, 3.8) is 0 Å². The molecule has 0 bridgehead atoms. The topological polar surface area (TPSA) is 33.5 Å². The highest BCUT2D eigenvalue weighted by molar-refractivity contribution is 6.11. The van der Waals surface area contributed by atoms with Crippen LogP contribution in [0.4, 0.5) is 22.7 Å². The van der Waals surface area contributed by atoms with Crippen molar-refractivity contribution in [1.82, 2.24) is 9.55 Å². The third-order valence-electron chi connectivity index (χ3n) is 13.0. The molecule has 0 fully saturated rings. The van der Waals surface area contributed by atoms with Crippen LogP contribution in [0.1, 0.15) is 79.0 Å². The highest BCUT2D eigenvalue weighted by Gasteiger charge is 2.30. The number of rotatable bonds is 7. The first-order valence-corrected chi connectivity index (χ1v) is 22.9. The Morgan fingerprint density at radius 2 is 1.05 bits per heavy atom. The normalized spacial score (nSPS) is 13.2. The first-order chi connectivity index (χ1) is 31.1. The second-order valence-electron chi connectivity index (χ2n) is 20.7. The molecule has 324 valence electrons. The van der Waals surface area contributed by atoms with E-state index < -0.39 is 0 Å². The lowest BCUT2D eigenvalue weighted by Crippen LogP contribution is -2.25. The first kappa shape index (κ1) is 41.9. The number of ether oxygens (including phenoxy) is 1. The minimum absolute atomic E-state index is 0.0165. The number of pyridine rings is 1. The van der Waals surface area contributed by atoms with Crippen molar-refractivity contribution in [2.75, 3.05) is 16.5 Å². The molecule has 10 rings (SSSR count). The Bertz CT molecular complexity index is 3200. The fourth-order valence-corrected chi connectivity index (χ4v) is 9.23. The molecule has 1 aliphatic rings. The lowest BCUT2D eigenvalue weighted by Gasteiger charge is -2.29. The van der Waals surface area contributed by atoms with Gasteiger partial charge in [0.05, 0.1) is 22.4 Å². The number of hydrogen-bond donors (Lipinski definition) is 0. The summed E-state index contributed by atoms with van der Waals surface area (Å²) in [6.07, 6.45) is 1.94. The van der Waals surface area contributed by atoms with Gasteiger partial charge < -0.3 is 14.5 Å². The summed E-state index contributed by atoms with van der Waals surface area (Å²) >= 11 is 0. The van der Waals surface area contributed by atoms with E-state index in [0.29, 0.717) is 6.67 Å². The zero-order valence-corrected chi connectivity index (χ0v) is 39.1. The molecular weight excluding hydrogens is 793 g/mol.